The summed E-state index contributed by atoms with van der Waals surface area (Å²) in [4.78, 5) is 6.20. The van der Waals surface area contributed by atoms with Gasteiger partial charge in [-0.15, -0.1) is 0 Å². The van der Waals surface area contributed by atoms with Gasteiger partial charge in [0.2, 0.25) is 0 Å². The summed E-state index contributed by atoms with van der Waals surface area (Å²) in [5.74, 6) is 0. The number of rotatable bonds is 1. The van der Waals surface area contributed by atoms with Crippen molar-refractivity contribution < 1.29 is 4.84 Å². The quantitative estimate of drug-likeness (QED) is 0.568. The van der Waals surface area contributed by atoms with E-state index in [9.17, 15) is 0 Å². The van der Waals surface area contributed by atoms with E-state index in [-0.39, 0.29) is 0 Å². The van der Waals surface area contributed by atoms with Gasteiger partial charge in [0, 0.05) is 6.20 Å². The summed E-state index contributed by atoms with van der Waals surface area (Å²) in [7, 11) is 0. The Labute approximate surface area is 64.2 Å². The highest BCUT2D eigenvalue weighted by Gasteiger charge is 2.13. The Morgan fingerprint density at radius 1 is 1.40 bits per heavy atom. The van der Waals surface area contributed by atoms with E-state index in [4.69, 9.17) is 27.7 Å². The molecule has 10 heavy (non-hydrogen) atoms. The summed E-state index contributed by atoms with van der Waals surface area (Å²) in [6.07, 6.45) is 6.56. The predicted octanol–water partition coefficient (Wildman–Crippen LogP) is 0.403. The van der Waals surface area contributed by atoms with Gasteiger partial charge in [0.05, 0.1) is 0 Å². The maximum absolute atomic E-state index is 5.43. The second-order valence-corrected chi connectivity index (χ2v) is 5.24. The molecule has 0 bridgehead atoms. The first-order valence-corrected chi connectivity index (χ1v) is 5.47. The normalized spacial score (nSPS) is 17.2. The molecule has 0 atom stereocenters. The van der Waals surface area contributed by atoms with E-state index in [2.05, 4.69) is 0 Å². The van der Waals surface area contributed by atoms with Gasteiger partial charge in [-0.2, -0.15) is 4.83 Å². The predicted molar refractivity (Wildman–Crippen MR) is 43.9 cm³/mol. The molecule has 4 N–H and O–H groups in total. The summed E-state index contributed by atoms with van der Waals surface area (Å²) in [6.45, 7) is -2.43. The lowest BCUT2D eigenvalue weighted by Crippen LogP contribution is -2.23. The van der Waals surface area contributed by atoms with Gasteiger partial charge in [0.1, 0.15) is 6.26 Å². The maximum Gasteiger partial charge on any atom is 0.192 e. The molecule has 0 fully saturated rings. The smallest absolute Gasteiger partial charge is 0.192 e. The lowest BCUT2D eigenvalue weighted by Gasteiger charge is -2.25. The van der Waals surface area contributed by atoms with Crippen LogP contribution in [0.5, 0.6) is 0 Å². The van der Waals surface area contributed by atoms with E-state index in [1.165, 1.54) is 11.1 Å². The van der Waals surface area contributed by atoms with Crippen molar-refractivity contribution in [1.29, 1.82) is 0 Å². The molecule has 0 aliphatic carbocycles. The molecule has 6 heteroatoms. The van der Waals surface area contributed by atoms with Crippen LogP contribution in [0.3, 0.4) is 0 Å². The highest BCUT2D eigenvalue weighted by Crippen LogP contribution is 2.33. The van der Waals surface area contributed by atoms with Crippen LogP contribution < -0.4 is 11.0 Å². The first kappa shape index (κ1) is 7.75. The molecule has 0 aromatic heterocycles. The zero-order chi connectivity index (χ0) is 7.61. The van der Waals surface area contributed by atoms with Gasteiger partial charge in [-0.25, -0.2) is 0 Å². The van der Waals surface area contributed by atoms with Crippen molar-refractivity contribution in [2.45, 2.75) is 0 Å². The number of hydrogen-bond donors (Lipinski definition) is 2. The van der Waals surface area contributed by atoms with Crippen LogP contribution in [0.4, 0.5) is 0 Å². The summed E-state index contributed by atoms with van der Waals surface area (Å²) in [5, 5.41) is 0. The fourth-order valence-electron chi connectivity index (χ4n) is 0.479. The van der Waals surface area contributed by atoms with Gasteiger partial charge in [-0.1, -0.05) is 0 Å². The second kappa shape index (κ2) is 2.72. The molecule has 1 aliphatic heterocycles. The van der Waals surface area contributed by atoms with Gasteiger partial charge < -0.3 is 4.84 Å². The van der Waals surface area contributed by atoms with Gasteiger partial charge in [-0.05, 0) is 24.0 Å². The first-order chi connectivity index (χ1) is 4.61. The molecular formula is C4H8N3OPS. The van der Waals surface area contributed by atoms with Crippen LogP contribution in [0.2, 0.25) is 0 Å². The Morgan fingerprint density at radius 2 is 2.10 bits per heavy atom. The molecule has 0 radical (unpaired) electrons. The maximum atomic E-state index is 5.43. The fourth-order valence-corrected chi connectivity index (χ4v) is 1.25. The molecule has 0 aromatic carbocycles. The van der Waals surface area contributed by atoms with E-state index in [0.717, 1.165) is 0 Å². The van der Waals surface area contributed by atoms with Gasteiger partial charge in [-0.3, -0.25) is 11.0 Å². The van der Waals surface area contributed by atoms with Crippen molar-refractivity contribution in [3.8, 4) is 0 Å². The van der Waals surface area contributed by atoms with Crippen molar-refractivity contribution in [2.75, 3.05) is 0 Å². The number of hydroxylamine groups is 1. The van der Waals surface area contributed by atoms with Gasteiger partial charge in [0.25, 0.3) is 0 Å². The molecule has 0 saturated heterocycles. The molecule has 1 rings (SSSR count). The topological polar surface area (TPSA) is 64.5 Å². The summed E-state index contributed by atoms with van der Waals surface area (Å²) in [6, 6.07) is 0. The summed E-state index contributed by atoms with van der Waals surface area (Å²) >= 11 is 4.79. The molecule has 56 valence electrons. The fraction of sp³-hybridized carbons (Fsp3) is 0. The monoisotopic (exact) mass is 177 g/mol. The molecule has 1 heterocycles. The van der Waals surface area contributed by atoms with Crippen molar-refractivity contribution in [2.24, 2.45) is 11.0 Å². The molecular weight excluding hydrogens is 169 g/mol. The average Bonchev–Trinajstić information content (AvgIpc) is 1.88. The van der Waals surface area contributed by atoms with Crippen LogP contribution in [-0.4, -0.2) is 4.83 Å². The van der Waals surface area contributed by atoms with Crippen molar-refractivity contribution in [3.05, 3.63) is 24.6 Å². The lowest BCUT2D eigenvalue weighted by molar-refractivity contribution is 0.0316. The zero-order valence-electron chi connectivity index (χ0n) is 5.18. The first-order valence-electron chi connectivity index (χ1n) is 2.58. The number of nitrogens with zero attached hydrogens (tertiary/aromatic N) is 1. The minimum atomic E-state index is -2.43. The Kier molecular flexibility index (Phi) is 2.11. The van der Waals surface area contributed by atoms with E-state index in [1.807, 2.05) is 0 Å². The van der Waals surface area contributed by atoms with E-state index in [0.29, 0.717) is 0 Å². The number of hydrogen-bond acceptors (Lipinski definition) is 2. The molecule has 0 saturated carbocycles. The molecule has 4 nitrogen and oxygen atoms in total. The highest BCUT2D eigenvalue weighted by molar-refractivity contribution is 8.11. The zero-order valence-corrected chi connectivity index (χ0v) is 6.89. The molecule has 0 aromatic rings. The lowest BCUT2D eigenvalue weighted by atomic mass is 10.6. The van der Waals surface area contributed by atoms with E-state index < -0.39 is 6.49 Å². The third kappa shape index (κ3) is 1.82. The van der Waals surface area contributed by atoms with E-state index >= 15 is 0 Å². The highest BCUT2D eigenvalue weighted by atomic mass is 32.4. The molecule has 0 spiro atoms. The molecule has 0 amide bonds. The van der Waals surface area contributed by atoms with Gasteiger partial charge >= 0.3 is 0 Å². The van der Waals surface area contributed by atoms with Crippen LogP contribution in [0.1, 0.15) is 0 Å². The minimum absolute atomic E-state index is 1.29. The van der Waals surface area contributed by atoms with Crippen LogP contribution in [0, 0.1) is 0 Å². The minimum Gasteiger partial charge on any atom is -0.381 e. The van der Waals surface area contributed by atoms with Crippen LogP contribution >= 0.6 is 6.49 Å². The van der Waals surface area contributed by atoms with Crippen molar-refractivity contribution in [1.82, 2.24) is 4.83 Å². The van der Waals surface area contributed by atoms with Crippen LogP contribution in [0.15, 0.2) is 24.6 Å². The number of nitrogens with two attached hydrogens (primary N) is 2. The molecule has 1 aliphatic rings. The SMILES string of the molecule is NP(N)(=S)N1C=CC=CO1. The second-order valence-electron chi connectivity index (χ2n) is 1.75. The van der Waals surface area contributed by atoms with Crippen LogP contribution in [0.25, 0.3) is 0 Å². The molecule has 0 unspecified atom stereocenters. The number of allylic oxidation sites excluding steroid dienone is 2. The van der Waals surface area contributed by atoms with Crippen molar-refractivity contribution >= 4 is 18.3 Å². The Balaban J connectivity index is 2.69. The third-order valence-corrected chi connectivity index (χ3v) is 2.21. The van der Waals surface area contributed by atoms with Crippen molar-refractivity contribution in [3.63, 3.8) is 0 Å². The Bertz CT molecular complexity index is 221. The third-order valence-electron chi connectivity index (χ3n) is 0.880. The van der Waals surface area contributed by atoms with E-state index in [1.54, 1.807) is 18.4 Å². The Hall–Kier alpha value is -0.350. The largest absolute Gasteiger partial charge is 0.381 e. The summed E-state index contributed by atoms with van der Waals surface area (Å²) < 4.78 is 0. The summed E-state index contributed by atoms with van der Waals surface area (Å²) in [5.41, 5.74) is 10.9. The standard InChI is InChI=1S/C4H8N3OPS/c5-9(6,10)7-3-1-2-4-8-7/h1-4H,(H4,5,6,10). The van der Waals surface area contributed by atoms with Crippen LogP contribution in [-0.2, 0) is 16.6 Å². The Morgan fingerprint density at radius 3 is 2.40 bits per heavy atom. The van der Waals surface area contributed by atoms with Gasteiger partial charge in [0.15, 0.2) is 6.49 Å². The average molecular weight is 177 g/mol.